The van der Waals surface area contributed by atoms with E-state index in [9.17, 15) is 0 Å². The topological polar surface area (TPSA) is 12.0 Å². The van der Waals surface area contributed by atoms with Gasteiger partial charge in [0.1, 0.15) is 0 Å². The van der Waals surface area contributed by atoms with Gasteiger partial charge in [0.2, 0.25) is 0 Å². The van der Waals surface area contributed by atoms with Gasteiger partial charge < -0.3 is 5.32 Å². The van der Waals surface area contributed by atoms with Crippen LogP contribution in [0.4, 0.5) is 0 Å². The van der Waals surface area contributed by atoms with Crippen molar-refractivity contribution in [2.45, 2.75) is 49.8 Å². The van der Waals surface area contributed by atoms with Gasteiger partial charge >= 0.3 is 0 Å². The molecule has 0 radical (unpaired) electrons. The van der Waals surface area contributed by atoms with Crippen molar-refractivity contribution in [2.75, 3.05) is 12.3 Å². The molecule has 1 saturated heterocycles. The fourth-order valence-electron chi connectivity index (χ4n) is 3.75. The van der Waals surface area contributed by atoms with Crippen LogP contribution in [-0.4, -0.2) is 17.2 Å². The lowest BCUT2D eigenvalue weighted by atomic mass is 9.69. The Morgan fingerprint density at radius 2 is 1.93 bits per heavy atom. The average molecular weight is 211 g/mol. The minimum Gasteiger partial charge on any atom is -0.302 e. The van der Waals surface area contributed by atoms with E-state index in [-0.39, 0.29) is 0 Å². The molecule has 3 atom stereocenters. The van der Waals surface area contributed by atoms with E-state index in [0.717, 1.165) is 11.8 Å². The Labute approximate surface area is 91.4 Å². The SMILES string of the molecule is C1CC[C@H]2C[C@@]3(CC[C@@H]2C1)NCCS3. The summed E-state index contributed by atoms with van der Waals surface area (Å²) in [5.41, 5.74) is 0. The van der Waals surface area contributed by atoms with Gasteiger partial charge in [-0.05, 0) is 31.1 Å². The molecule has 1 aliphatic heterocycles. The van der Waals surface area contributed by atoms with Crippen molar-refractivity contribution in [3.8, 4) is 0 Å². The van der Waals surface area contributed by atoms with E-state index in [4.69, 9.17) is 0 Å². The van der Waals surface area contributed by atoms with Crippen LogP contribution < -0.4 is 5.32 Å². The molecule has 1 nitrogen and oxygen atoms in total. The molecule has 0 bridgehead atoms. The molecule has 0 aromatic heterocycles. The van der Waals surface area contributed by atoms with Crippen molar-refractivity contribution < 1.29 is 0 Å². The lowest BCUT2D eigenvalue weighted by molar-refractivity contribution is 0.135. The third-order valence-electron chi connectivity index (χ3n) is 4.50. The molecule has 3 aliphatic rings. The van der Waals surface area contributed by atoms with Gasteiger partial charge in [-0.2, -0.15) is 0 Å². The Kier molecular flexibility index (Phi) is 2.53. The smallest absolute Gasteiger partial charge is 0.0648 e. The van der Waals surface area contributed by atoms with Gasteiger partial charge in [-0.15, -0.1) is 11.8 Å². The number of hydrogen-bond donors (Lipinski definition) is 1. The molecule has 0 aromatic carbocycles. The zero-order valence-corrected chi connectivity index (χ0v) is 9.74. The molecule has 2 aliphatic carbocycles. The molecule has 1 spiro atoms. The van der Waals surface area contributed by atoms with Crippen molar-refractivity contribution in [1.82, 2.24) is 5.32 Å². The summed E-state index contributed by atoms with van der Waals surface area (Å²) in [6.07, 6.45) is 10.5. The summed E-state index contributed by atoms with van der Waals surface area (Å²) >= 11 is 2.21. The molecule has 3 fully saturated rings. The van der Waals surface area contributed by atoms with E-state index in [2.05, 4.69) is 17.1 Å². The highest BCUT2D eigenvalue weighted by atomic mass is 32.2. The molecule has 1 N–H and O–H groups in total. The molecule has 1 heterocycles. The molecule has 0 unspecified atom stereocenters. The fourth-order valence-corrected chi connectivity index (χ4v) is 5.14. The van der Waals surface area contributed by atoms with Gasteiger partial charge in [-0.1, -0.05) is 25.7 Å². The Bertz CT molecular complexity index is 210. The quantitative estimate of drug-likeness (QED) is 0.661. The Hall–Kier alpha value is 0.310. The first-order valence-electron chi connectivity index (χ1n) is 6.27. The molecular weight excluding hydrogens is 190 g/mol. The molecule has 14 heavy (non-hydrogen) atoms. The maximum Gasteiger partial charge on any atom is 0.0648 e. The Balaban J connectivity index is 1.70. The molecule has 80 valence electrons. The fraction of sp³-hybridized carbons (Fsp3) is 1.00. The van der Waals surface area contributed by atoms with Gasteiger partial charge in [0.25, 0.3) is 0 Å². The first-order valence-corrected chi connectivity index (χ1v) is 7.26. The predicted molar refractivity (Wildman–Crippen MR) is 62.5 cm³/mol. The van der Waals surface area contributed by atoms with Crippen LogP contribution in [0.2, 0.25) is 0 Å². The Morgan fingerprint density at radius 3 is 2.71 bits per heavy atom. The normalized spacial score (nSPS) is 48.0. The van der Waals surface area contributed by atoms with Crippen LogP contribution in [0.25, 0.3) is 0 Å². The van der Waals surface area contributed by atoms with Gasteiger partial charge in [-0.3, -0.25) is 0 Å². The summed E-state index contributed by atoms with van der Waals surface area (Å²) in [6.45, 7) is 1.25. The standard InChI is InChI=1S/C12H21NS/c1-2-4-11-9-12(13-7-8-14-12)6-5-10(11)3-1/h10-11,13H,1-9H2/t10-,11-,12-/m0/s1. The third-order valence-corrected chi connectivity index (χ3v) is 5.98. The summed E-state index contributed by atoms with van der Waals surface area (Å²) < 4.78 is 0. The van der Waals surface area contributed by atoms with E-state index in [1.54, 1.807) is 0 Å². The van der Waals surface area contributed by atoms with Crippen LogP contribution >= 0.6 is 11.8 Å². The van der Waals surface area contributed by atoms with E-state index in [1.807, 2.05) is 0 Å². The predicted octanol–water partition coefficient (Wildman–Crippen LogP) is 3.01. The molecule has 2 saturated carbocycles. The first-order chi connectivity index (χ1) is 6.88. The Morgan fingerprint density at radius 1 is 1.07 bits per heavy atom. The largest absolute Gasteiger partial charge is 0.302 e. The highest BCUT2D eigenvalue weighted by Gasteiger charge is 2.43. The summed E-state index contributed by atoms with van der Waals surface area (Å²) in [5, 5.41) is 3.77. The lowest BCUT2D eigenvalue weighted by Crippen LogP contribution is -2.45. The first kappa shape index (κ1) is 9.53. The zero-order valence-electron chi connectivity index (χ0n) is 8.93. The van der Waals surface area contributed by atoms with Gasteiger partial charge in [-0.25, -0.2) is 0 Å². The molecule has 2 heteroatoms. The number of nitrogens with one attached hydrogen (secondary N) is 1. The highest BCUT2D eigenvalue weighted by molar-refractivity contribution is 8.00. The second-order valence-corrected chi connectivity index (χ2v) is 6.80. The third kappa shape index (κ3) is 1.61. The minimum absolute atomic E-state index is 0.526. The highest BCUT2D eigenvalue weighted by Crippen LogP contribution is 2.49. The molecule has 0 aromatic rings. The van der Waals surface area contributed by atoms with Crippen molar-refractivity contribution >= 4 is 11.8 Å². The second-order valence-electron chi connectivity index (χ2n) is 5.32. The minimum atomic E-state index is 0.526. The van der Waals surface area contributed by atoms with Crippen LogP contribution in [0.15, 0.2) is 0 Å². The van der Waals surface area contributed by atoms with Crippen LogP contribution in [0.5, 0.6) is 0 Å². The van der Waals surface area contributed by atoms with Crippen molar-refractivity contribution in [3.05, 3.63) is 0 Å². The second kappa shape index (κ2) is 3.71. The van der Waals surface area contributed by atoms with Crippen LogP contribution in [-0.2, 0) is 0 Å². The summed E-state index contributed by atoms with van der Waals surface area (Å²) in [7, 11) is 0. The van der Waals surface area contributed by atoms with E-state index < -0.39 is 0 Å². The number of fused-ring (bicyclic) bond motifs is 1. The van der Waals surface area contributed by atoms with Crippen molar-refractivity contribution in [2.24, 2.45) is 11.8 Å². The molecule has 0 amide bonds. The monoisotopic (exact) mass is 211 g/mol. The van der Waals surface area contributed by atoms with Crippen LogP contribution in [0, 0.1) is 11.8 Å². The van der Waals surface area contributed by atoms with Gasteiger partial charge in [0.05, 0.1) is 4.87 Å². The van der Waals surface area contributed by atoms with Crippen molar-refractivity contribution in [3.63, 3.8) is 0 Å². The van der Waals surface area contributed by atoms with Crippen LogP contribution in [0.3, 0.4) is 0 Å². The van der Waals surface area contributed by atoms with E-state index in [1.165, 1.54) is 57.2 Å². The summed E-state index contributed by atoms with van der Waals surface area (Å²) in [4.78, 5) is 0.526. The van der Waals surface area contributed by atoms with E-state index in [0.29, 0.717) is 4.87 Å². The molecule has 3 rings (SSSR count). The molecular formula is C12H21NS. The van der Waals surface area contributed by atoms with Crippen molar-refractivity contribution in [1.29, 1.82) is 0 Å². The number of hydrogen-bond acceptors (Lipinski definition) is 2. The zero-order chi connectivity index (χ0) is 9.43. The van der Waals surface area contributed by atoms with E-state index >= 15 is 0 Å². The average Bonchev–Trinajstić information content (AvgIpc) is 2.66. The maximum atomic E-state index is 3.77. The number of thioether (sulfide) groups is 1. The summed E-state index contributed by atoms with van der Waals surface area (Å²) in [6, 6.07) is 0. The lowest BCUT2D eigenvalue weighted by Gasteiger charge is -2.44. The summed E-state index contributed by atoms with van der Waals surface area (Å²) in [5.74, 6) is 3.50. The van der Waals surface area contributed by atoms with Gasteiger partial charge in [0, 0.05) is 12.3 Å². The van der Waals surface area contributed by atoms with Gasteiger partial charge in [0.15, 0.2) is 0 Å². The van der Waals surface area contributed by atoms with Crippen LogP contribution in [0.1, 0.15) is 44.9 Å². The maximum absolute atomic E-state index is 3.77. The number of rotatable bonds is 0.